The molecule has 0 radical (unpaired) electrons. The minimum atomic E-state index is -0.467. The lowest BCUT2D eigenvalue weighted by atomic mass is 10.1. The molecule has 2 aromatic rings. The number of nitro groups is 1. The van der Waals surface area contributed by atoms with Gasteiger partial charge in [-0.15, -0.1) is 5.10 Å². The number of ether oxygens (including phenoxy) is 1. The molecular weight excluding hydrogens is 238 g/mol. The molecule has 0 N–H and O–H groups in total. The van der Waals surface area contributed by atoms with Crippen LogP contribution in [0.1, 0.15) is 6.92 Å². The lowest BCUT2D eigenvalue weighted by Gasteiger charge is -2.11. The molecule has 0 bridgehead atoms. The van der Waals surface area contributed by atoms with Gasteiger partial charge in [-0.05, 0) is 23.4 Å². The molecule has 3 rings (SSSR count). The van der Waals surface area contributed by atoms with Crippen LogP contribution in [0, 0.1) is 10.1 Å². The van der Waals surface area contributed by atoms with Gasteiger partial charge in [0.2, 0.25) is 5.75 Å². The summed E-state index contributed by atoms with van der Waals surface area (Å²) in [6.07, 6.45) is -0.241. The molecule has 8 heteroatoms. The highest BCUT2D eigenvalue weighted by Crippen LogP contribution is 2.39. The van der Waals surface area contributed by atoms with Gasteiger partial charge < -0.3 is 4.74 Å². The molecule has 1 aliphatic heterocycles. The summed E-state index contributed by atoms with van der Waals surface area (Å²) in [4.78, 5) is 10.5. The van der Waals surface area contributed by atoms with Gasteiger partial charge in [0.25, 0.3) is 0 Å². The fraction of sp³-hybridized carbons (Fsp3) is 0.300. The number of fused-ring (bicyclic) bond motifs is 3. The maximum Gasteiger partial charge on any atom is 0.311 e. The zero-order valence-electron chi connectivity index (χ0n) is 9.48. The Kier molecular flexibility index (Phi) is 2.22. The number of rotatable bonds is 1. The summed E-state index contributed by atoms with van der Waals surface area (Å²) in [6.45, 7) is 2.27. The molecule has 0 saturated carbocycles. The second kappa shape index (κ2) is 3.76. The first-order valence-electron chi connectivity index (χ1n) is 5.37. The molecule has 1 atom stereocenters. The van der Waals surface area contributed by atoms with Crippen molar-refractivity contribution in [3.63, 3.8) is 0 Å². The molecule has 8 nitrogen and oxygen atoms in total. The third-order valence-corrected chi connectivity index (χ3v) is 2.71. The first-order valence-corrected chi connectivity index (χ1v) is 5.37. The molecule has 0 amide bonds. The van der Waals surface area contributed by atoms with Gasteiger partial charge >= 0.3 is 5.69 Å². The van der Waals surface area contributed by atoms with Crippen molar-refractivity contribution in [1.29, 1.82) is 0 Å². The second-order valence-electron chi connectivity index (χ2n) is 4.02. The number of benzene rings is 1. The normalized spacial score (nSPS) is 17.3. The van der Waals surface area contributed by atoms with Crippen molar-refractivity contribution in [2.24, 2.45) is 0 Å². The minimum Gasteiger partial charge on any atom is -0.481 e. The molecule has 1 aliphatic rings. The Balaban J connectivity index is 2.28. The lowest BCUT2D eigenvalue weighted by Crippen LogP contribution is -2.18. The maximum absolute atomic E-state index is 11.0. The van der Waals surface area contributed by atoms with Crippen molar-refractivity contribution >= 4 is 5.69 Å². The van der Waals surface area contributed by atoms with Crippen LogP contribution in [0.15, 0.2) is 18.2 Å². The van der Waals surface area contributed by atoms with E-state index in [4.69, 9.17) is 4.74 Å². The summed E-state index contributed by atoms with van der Waals surface area (Å²) in [5.74, 6) is 0.710. The number of nitro benzene ring substituents is 1. The Labute approximate surface area is 101 Å². The summed E-state index contributed by atoms with van der Waals surface area (Å²) in [6, 6.07) is 4.71. The smallest absolute Gasteiger partial charge is 0.311 e. The van der Waals surface area contributed by atoms with E-state index in [1.54, 1.807) is 16.8 Å². The maximum atomic E-state index is 11.0. The van der Waals surface area contributed by atoms with E-state index in [0.717, 1.165) is 0 Å². The molecule has 2 heterocycles. The van der Waals surface area contributed by atoms with Crippen LogP contribution < -0.4 is 4.74 Å². The average molecular weight is 247 g/mol. The summed E-state index contributed by atoms with van der Waals surface area (Å²) >= 11 is 0. The molecule has 92 valence electrons. The first kappa shape index (κ1) is 10.6. The number of hydrogen-bond acceptors (Lipinski definition) is 6. The lowest BCUT2D eigenvalue weighted by molar-refractivity contribution is -0.386. The zero-order valence-corrected chi connectivity index (χ0v) is 9.48. The molecular formula is C10H9N5O3. The van der Waals surface area contributed by atoms with Crippen LogP contribution in [0.4, 0.5) is 5.69 Å². The molecule has 0 saturated heterocycles. The Morgan fingerprint density at radius 2 is 2.39 bits per heavy atom. The Bertz CT molecular complexity index is 624. The number of hydrogen-bond donors (Lipinski definition) is 0. The van der Waals surface area contributed by atoms with Crippen molar-refractivity contribution in [2.45, 2.75) is 19.6 Å². The highest BCUT2D eigenvalue weighted by Gasteiger charge is 2.28. The highest BCUT2D eigenvalue weighted by molar-refractivity contribution is 5.71. The number of tetrazole rings is 1. The third-order valence-electron chi connectivity index (χ3n) is 2.71. The van der Waals surface area contributed by atoms with E-state index in [1.165, 1.54) is 6.07 Å². The Morgan fingerprint density at radius 3 is 3.17 bits per heavy atom. The zero-order chi connectivity index (χ0) is 12.7. The van der Waals surface area contributed by atoms with Crippen molar-refractivity contribution in [3.8, 4) is 17.1 Å². The van der Waals surface area contributed by atoms with E-state index in [9.17, 15) is 10.1 Å². The number of nitrogens with zero attached hydrogens (tertiary/aromatic N) is 5. The van der Waals surface area contributed by atoms with Gasteiger partial charge in [-0.2, -0.15) is 0 Å². The quantitative estimate of drug-likeness (QED) is 0.551. The van der Waals surface area contributed by atoms with Crippen LogP contribution in [0.2, 0.25) is 0 Å². The van der Waals surface area contributed by atoms with Gasteiger partial charge in [0.1, 0.15) is 6.10 Å². The van der Waals surface area contributed by atoms with Crippen molar-refractivity contribution < 1.29 is 9.66 Å². The Hall–Kier alpha value is -2.51. The number of aromatic nitrogens is 4. The van der Waals surface area contributed by atoms with Crippen LogP contribution >= 0.6 is 0 Å². The van der Waals surface area contributed by atoms with Crippen LogP contribution in [-0.4, -0.2) is 31.2 Å². The molecule has 18 heavy (non-hydrogen) atoms. The van der Waals surface area contributed by atoms with Gasteiger partial charge in [0.05, 0.1) is 17.0 Å². The monoisotopic (exact) mass is 247 g/mol. The Morgan fingerprint density at radius 1 is 1.56 bits per heavy atom. The molecule has 1 aromatic heterocycles. The van der Waals surface area contributed by atoms with E-state index >= 15 is 0 Å². The predicted octanol–water partition coefficient (Wildman–Crippen LogP) is 1.03. The fourth-order valence-electron chi connectivity index (χ4n) is 1.97. The largest absolute Gasteiger partial charge is 0.481 e. The summed E-state index contributed by atoms with van der Waals surface area (Å²) < 4.78 is 7.20. The fourth-order valence-corrected chi connectivity index (χ4v) is 1.97. The predicted molar refractivity (Wildman–Crippen MR) is 60.0 cm³/mol. The van der Waals surface area contributed by atoms with Crippen LogP contribution in [0.25, 0.3) is 11.4 Å². The van der Waals surface area contributed by atoms with Gasteiger partial charge in [-0.1, -0.05) is 6.07 Å². The van der Waals surface area contributed by atoms with Crippen molar-refractivity contribution in [1.82, 2.24) is 20.2 Å². The van der Waals surface area contributed by atoms with Gasteiger partial charge in [0, 0.05) is 6.07 Å². The topological polar surface area (TPSA) is 96.0 Å². The molecule has 0 aliphatic carbocycles. The summed E-state index contributed by atoms with van der Waals surface area (Å²) in [5, 5.41) is 22.3. The van der Waals surface area contributed by atoms with Crippen LogP contribution in [0.3, 0.4) is 0 Å². The first-order chi connectivity index (χ1) is 8.66. The van der Waals surface area contributed by atoms with E-state index in [-0.39, 0.29) is 17.5 Å². The highest BCUT2D eigenvalue weighted by atomic mass is 16.6. The van der Waals surface area contributed by atoms with E-state index < -0.39 is 4.92 Å². The number of para-hydroxylation sites is 1. The van der Waals surface area contributed by atoms with Gasteiger partial charge in [-0.25, -0.2) is 4.68 Å². The van der Waals surface area contributed by atoms with E-state index in [2.05, 4.69) is 15.5 Å². The molecule has 0 spiro atoms. The minimum absolute atomic E-state index is 0.0733. The van der Waals surface area contributed by atoms with E-state index in [0.29, 0.717) is 17.9 Å². The van der Waals surface area contributed by atoms with Crippen LogP contribution in [-0.2, 0) is 6.54 Å². The van der Waals surface area contributed by atoms with Crippen LogP contribution in [0.5, 0.6) is 5.75 Å². The third kappa shape index (κ3) is 1.50. The molecule has 0 fully saturated rings. The second-order valence-corrected chi connectivity index (χ2v) is 4.02. The van der Waals surface area contributed by atoms with Gasteiger partial charge in [0.15, 0.2) is 5.82 Å². The SMILES string of the molecule is C[C@H]1Cn2nnnc2-c2cccc([N+](=O)[O-])c2O1. The summed E-state index contributed by atoms with van der Waals surface area (Å²) in [7, 11) is 0. The van der Waals surface area contributed by atoms with E-state index in [1.807, 2.05) is 6.92 Å². The average Bonchev–Trinajstić information content (AvgIpc) is 2.72. The molecule has 0 unspecified atom stereocenters. The molecule has 1 aromatic carbocycles. The standard InChI is InChI=1S/C10H9N5O3/c1-6-5-14-10(11-12-13-14)7-3-2-4-8(15(16)17)9(7)18-6/h2-4,6H,5H2,1H3/t6-/m0/s1. The van der Waals surface area contributed by atoms with Crippen molar-refractivity contribution in [3.05, 3.63) is 28.3 Å². The summed E-state index contributed by atoms with van der Waals surface area (Å²) in [5.41, 5.74) is 0.467. The van der Waals surface area contributed by atoms with Crippen molar-refractivity contribution in [2.75, 3.05) is 0 Å². The van der Waals surface area contributed by atoms with Gasteiger partial charge in [-0.3, -0.25) is 10.1 Å².